The number of alkyl halides is 6. The van der Waals surface area contributed by atoms with Crippen molar-refractivity contribution in [1.29, 1.82) is 0 Å². The maximum absolute atomic E-state index is 13.3. The lowest BCUT2D eigenvalue weighted by Gasteiger charge is -2.17. The number of fused-ring (bicyclic) bond motifs is 1. The van der Waals surface area contributed by atoms with Gasteiger partial charge in [-0.2, -0.15) is 26.3 Å². The van der Waals surface area contributed by atoms with E-state index in [1.165, 1.54) is 35.0 Å². The van der Waals surface area contributed by atoms with Crippen LogP contribution in [0.4, 0.5) is 32.0 Å². The van der Waals surface area contributed by atoms with Gasteiger partial charge in [-0.3, -0.25) is 9.59 Å². The summed E-state index contributed by atoms with van der Waals surface area (Å²) >= 11 is 0. The molecule has 3 aromatic rings. The minimum atomic E-state index is -5.09. The van der Waals surface area contributed by atoms with Crippen LogP contribution in [0.5, 0.6) is 0 Å². The fourth-order valence-corrected chi connectivity index (χ4v) is 3.38. The third-order valence-corrected chi connectivity index (χ3v) is 5.08. The van der Waals surface area contributed by atoms with Crippen molar-refractivity contribution in [3.63, 3.8) is 0 Å². The van der Waals surface area contributed by atoms with E-state index < -0.39 is 53.0 Å². The highest BCUT2D eigenvalue weighted by molar-refractivity contribution is 6.02. The second-order valence-corrected chi connectivity index (χ2v) is 7.42. The van der Waals surface area contributed by atoms with Crippen LogP contribution in [0.2, 0.25) is 0 Å². The zero-order valence-corrected chi connectivity index (χ0v) is 17.1. The molecule has 0 bridgehead atoms. The summed E-state index contributed by atoms with van der Waals surface area (Å²) in [7, 11) is 0. The summed E-state index contributed by atoms with van der Waals surface area (Å²) in [5.41, 5.74) is -3.92. The predicted molar refractivity (Wildman–Crippen MR) is 116 cm³/mol. The summed E-state index contributed by atoms with van der Waals surface area (Å²) in [5, 5.41) is 12.2. The Morgan fingerprint density at radius 3 is 2.29 bits per heavy atom. The van der Waals surface area contributed by atoms with Crippen LogP contribution < -0.4 is 10.9 Å². The van der Waals surface area contributed by atoms with Crippen molar-refractivity contribution in [1.82, 2.24) is 4.57 Å². The molecule has 5 nitrogen and oxygen atoms in total. The molecule has 2 aromatic carbocycles. The normalized spacial score (nSPS) is 12.8. The van der Waals surface area contributed by atoms with Crippen LogP contribution in [0.25, 0.3) is 10.8 Å². The lowest BCUT2D eigenvalue weighted by molar-refractivity contribution is -0.143. The highest BCUT2D eigenvalue weighted by Crippen LogP contribution is 2.37. The van der Waals surface area contributed by atoms with E-state index in [4.69, 9.17) is 0 Å². The van der Waals surface area contributed by atoms with Gasteiger partial charge < -0.3 is 15.0 Å². The highest BCUT2D eigenvalue weighted by Gasteiger charge is 2.38. The quantitative estimate of drug-likeness (QED) is 0.472. The number of carbonyl (C=O) groups is 1. The number of halogens is 6. The SMILES string of the molecule is C.C[C@H](CO)n1ccc2c(NC(=O)Cc3ccc(C(F)(F)F)cc3C(F)(F)F)cccc2c1=O. The zero-order valence-electron chi connectivity index (χ0n) is 17.1. The molecular weight excluding hydrogens is 466 g/mol. The smallest absolute Gasteiger partial charge is 0.394 e. The number of aliphatic hydroxyl groups excluding tert-OH is 1. The van der Waals surface area contributed by atoms with E-state index in [9.17, 15) is 41.0 Å². The molecule has 1 amide bonds. The predicted octanol–water partition coefficient (Wildman–Crippen LogP) is 5.41. The van der Waals surface area contributed by atoms with Crippen LogP contribution in [-0.4, -0.2) is 22.2 Å². The van der Waals surface area contributed by atoms with Gasteiger partial charge in [0.1, 0.15) is 0 Å². The second-order valence-electron chi connectivity index (χ2n) is 7.42. The van der Waals surface area contributed by atoms with Gasteiger partial charge in [0, 0.05) is 22.7 Å². The molecular formula is C23H22F6N2O3. The Labute approximate surface area is 190 Å². The Kier molecular flexibility index (Phi) is 7.82. The number of amides is 1. The van der Waals surface area contributed by atoms with E-state index in [-0.39, 0.29) is 31.2 Å². The number of anilines is 1. The van der Waals surface area contributed by atoms with Crippen LogP contribution in [0.1, 0.15) is 37.1 Å². The lowest BCUT2D eigenvalue weighted by Crippen LogP contribution is -2.25. The van der Waals surface area contributed by atoms with Crippen molar-refractivity contribution in [3.8, 4) is 0 Å². The van der Waals surface area contributed by atoms with Gasteiger partial charge in [0.2, 0.25) is 5.91 Å². The Morgan fingerprint density at radius 1 is 1.03 bits per heavy atom. The van der Waals surface area contributed by atoms with E-state index in [0.717, 1.165) is 0 Å². The molecule has 0 fully saturated rings. The molecule has 0 radical (unpaired) electrons. The topological polar surface area (TPSA) is 71.3 Å². The van der Waals surface area contributed by atoms with Gasteiger partial charge >= 0.3 is 12.4 Å². The first-order valence-electron chi connectivity index (χ1n) is 9.65. The van der Waals surface area contributed by atoms with Gasteiger partial charge in [-0.1, -0.05) is 19.6 Å². The van der Waals surface area contributed by atoms with Crippen molar-refractivity contribution in [2.75, 3.05) is 11.9 Å². The van der Waals surface area contributed by atoms with Gasteiger partial charge in [0.25, 0.3) is 5.56 Å². The van der Waals surface area contributed by atoms with E-state index in [1.807, 2.05) is 0 Å². The largest absolute Gasteiger partial charge is 0.416 e. The molecule has 0 spiro atoms. The average molecular weight is 488 g/mol. The van der Waals surface area contributed by atoms with E-state index in [2.05, 4.69) is 5.32 Å². The lowest BCUT2D eigenvalue weighted by atomic mass is 10.00. The summed E-state index contributed by atoms with van der Waals surface area (Å²) in [6.45, 7) is 1.34. The van der Waals surface area contributed by atoms with Crippen molar-refractivity contribution in [3.05, 3.63) is 75.7 Å². The first-order valence-corrected chi connectivity index (χ1v) is 9.65. The molecule has 0 saturated carbocycles. The van der Waals surface area contributed by atoms with Gasteiger partial charge in [-0.25, -0.2) is 0 Å². The molecule has 1 atom stereocenters. The molecule has 1 aromatic heterocycles. The van der Waals surface area contributed by atoms with Gasteiger partial charge in [-0.05, 0) is 42.8 Å². The highest BCUT2D eigenvalue weighted by atomic mass is 19.4. The van der Waals surface area contributed by atoms with Crippen LogP contribution in [0.15, 0.2) is 53.5 Å². The van der Waals surface area contributed by atoms with Crippen molar-refractivity contribution in [2.45, 2.75) is 39.2 Å². The number of rotatable bonds is 5. The molecule has 0 saturated heterocycles. The molecule has 0 aliphatic heterocycles. The minimum Gasteiger partial charge on any atom is -0.394 e. The number of hydrogen-bond acceptors (Lipinski definition) is 3. The van der Waals surface area contributed by atoms with Crippen LogP contribution in [-0.2, 0) is 23.6 Å². The maximum atomic E-state index is 13.3. The molecule has 2 N–H and O–H groups in total. The standard InChI is InChI=1S/C22H18F6N2O3.CH4/c1-12(11-31)30-8-7-15-16(20(30)33)3-2-4-18(15)29-19(32)9-13-5-6-14(21(23,24)25)10-17(13)22(26,27)28;/h2-8,10,12,31H,9,11H2,1H3,(H,29,32);1H4/t12-;/m1./s1. The fraction of sp³-hybridized carbons (Fsp3) is 0.304. The van der Waals surface area contributed by atoms with E-state index >= 15 is 0 Å². The van der Waals surface area contributed by atoms with Crippen LogP contribution in [0.3, 0.4) is 0 Å². The monoisotopic (exact) mass is 488 g/mol. The maximum Gasteiger partial charge on any atom is 0.416 e. The average Bonchev–Trinajstić information content (AvgIpc) is 2.72. The third-order valence-electron chi connectivity index (χ3n) is 5.08. The Morgan fingerprint density at radius 2 is 1.71 bits per heavy atom. The molecule has 3 rings (SSSR count). The number of aliphatic hydroxyl groups is 1. The molecule has 0 aliphatic rings. The van der Waals surface area contributed by atoms with Gasteiger partial charge in [-0.15, -0.1) is 0 Å². The molecule has 0 unspecified atom stereocenters. The summed E-state index contributed by atoms with van der Waals surface area (Å²) in [4.78, 5) is 25.1. The van der Waals surface area contributed by atoms with Gasteiger partial charge in [0.05, 0.1) is 30.2 Å². The zero-order chi connectivity index (χ0) is 24.6. The molecule has 11 heteroatoms. The Hall–Kier alpha value is -3.34. The molecule has 1 heterocycles. The van der Waals surface area contributed by atoms with Crippen molar-refractivity contribution >= 4 is 22.4 Å². The molecule has 34 heavy (non-hydrogen) atoms. The first-order chi connectivity index (χ1) is 15.3. The number of carbonyl (C=O) groups excluding carboxylic acids is 1. The first kappa shape index (κ1) is 26.9. The number of nitrogens with zero attached hydrogens (tertiary/aromatic N) is 1. The number of nitrogens with one attached hydrogen (secondary N) is 1. The fourth-order valence-electron chi connectivity index (χ4n) is 3.38. The van der Waals surface area contributed by atoms with E-state index in [1.54, 1.807) is 6.92 Å². The van der Waals surface area contributed by atoms with Crippen LogP contribution >= 0.6 is 0 Å². The molecule has 184 valence electrons. The summed E-state index contributed by atoms with van der Waals surface area (Å²) in [5.74, 6) is -0.902. The Balaban J connectivity index is 0.00000408. The number of hydrogen-bond donors (Lipinski definition) is 2. The third kappa shape index (κ3) is 5.58. The summed E-state index contributed by atoms with van der Waals surface area (Å²) in [6, 6.07) is 6.50. The van der Waals surface area contributed by atoms with Crippen LogP contribution in [0, 0.1) is 0 Å². The summed E-state index contributed by atoms with van der Waals surface area (Å²) < 4.78 is 79.8. The minimum absolute atomic E-state index is 0. The Bertz CT molecular complexity index is 1250. The second kappa shape index (κ2) is 9.88. The number of benzene rings is 2. The van der Waals surface area contributed by atoms with E-state index in [0.29, 0.717) is 17.5 Å². The number of pyridine rings is 1. The summed E-state index contributed by atoms with van der Waals surface area (Å²) in [6.07, 6.45) is -9.48. The molecule has 0 aliphatic carbocycles. The number of aromatic nitrogens is 1. The van der Waals surface area contributed by atoms with Crippen molar-refractivity contribution < 1.29 is 36.2 Å². The van der Waals surface area contributed by atoms with Gasteiger partial charge in [0.15, 0.2) is 0 Å². The van der Waals surface area contributed by atoms with Crippen molar-refractivity contribution in [2.24, 2.45) is 0 Å².